The summed E-state index contributed by atoms with van der Waals surface area (Å²) in [4.78, 5) is 12.4. The molecule has 27 heavy (non-hydrogen) atoms. The summed E-state index contributed by atoms with van der Waals surface area (Å²) in [5.41, 5.74) is 1.10. The summed E-state index contributed by atoms with van der Waals surface area (Å²) >= 11 is 0. The molecular weight excluding hydrogens is 353 g/mol. The zero-order chi connectivity index (χ0) is 19.2. The molecule has 3 aromatic rings. The maximum Gasteiger partial charge on any atom is 0.266 e. The van der Waals surface area contributed by atoms with Crippen molar-refractivity contribution in [1.82, 2.24) is 10.3 Å². The predicted octanol–water partition coefficient (Wildman–Crippen LogP) is 3.68. The van der Waals surface area contributed by atoms with Gasteiger partial charge in [0, 0.05) is 5.56 Å². The Hall–Kier alpha value is -3.42. The van der Waals surface area contributed by atoms with Gasteiger partial charge < -0.3 is 14.8 Å². The van der Waals surface area contributed by atoms with Crippen molar-refractivity contribution in [1.29, 1.82) is 0 Å². The fraction of sp³-hybridized carbons (Fsp3) is 0.211. The Morgan fingerprint density at radius 2 is 1.78 bits per heavy atom. The van der Waals surface area contributed by atoms with Crippen molar-refractivity contribution in [3.8, 4) is 22.8 Å². The minimum Gasteiger partial charge on any atom is -0.494 e. The van der Waals surface area contributed by atoms with Crippen molar-refractivity contribution in [3.05, 3.63) is 54.3 Å². The van der Waals surface area contributed by atoms with E-state index in [2.05, 4.69) is 15.6 Å². The van der Waals surface area contributed by atoms with E-state index >= 15 is 0 Å². The third-order valence-electron chi connectivity index (χ3n) is 3.66. The van der Waals surface area contributed by atoms with Gasteiger partial charge in [-0.25, -0.2) is 9.02 Å². The lowest BCUT2D eigenvalue weighted by Gasteiger charge is -2.13. The molecule has 0 spiro atoms. The average Bonchev–Trinajstić information content (AvgIpc) is 3.12. The van der Waals surface area contributed by atoms with Crippen LogP contribution >= 0.6 is 0 Å². The Morgan fingerprint density at radius 3 is 2.44 bits per heavy atom. The molecule has 0 saturated carbocycles. The van der Waals surface area contributed by atoms with E-state index in [1.54, 1.807) is 31.2 Å². The van der Waals surface area contributed by atoms with Crippen LogP contribution in [0.25, 0.3) is 11.3 Å². The quantitative estimate of drug-likeness (QED) is 0.682. The van der Waals surface area contributed by atoms with E-state index in [0.717, 1.165) is 5.75 Å². The maximum absolute atomic E-state index is 12.9. The van der Waals surface area contributed by atoms with Crippen LogP contribution in [0.3, 0.4) is 0 Å². The third-order valence-corrected chi connectivity index (χ3v) is 3.66. The van der Waals surface area contributed by atoms with Crippen molar-refractivity contribution in [2.75, 3.05) is 11.9 Å². The topological polar surface area (TPSA) is 86.5 Å². The van der Waals surface area contributed by atoms with Crippen LogP contribution in [0.4, 0.5) is 10.2 Å². The summed E-state index contributed by atoms with van der Waals surface area (Å²) in [6.45, 7) is 4.04. The minimum atomic E-state index is -0.833. The number of hydrogen-bond donors (Lipinski definition) is 1. The zero-order valence-corrected chi connectivity index (χ0v) is 14.8. The number of halogens is 1. The maximum atomic E-state index is 12.9. The van der Waals surface area contributed by atoms with Crippen LogP contribution in [0.1, 0.15) is 13.8 Å². The van der Waals surface area contributed by atoms with E-state index in [-0.39, 0.29) is 11.6 Å². The summed E-state index contributed by atoms with van der Waals surface area (Å²) in [5.74, 6) is 0.461. The average molecular weight is 371 g/mol. The number of carbonyl (C=O) groups excluding carboxylic acids is 1. The minimum absolute atomic E-state index is 0.179. The molecule has 0 unspecified atom stereocenters. The number of carbonyl (C=O) groups is 1. The molecule has 3 rings (SSSR count). The highest BCUT2D eigenvalue weighted by Gasteiger charge is 2.20. The first-order chi connectivity index (χ1) is 13.1. The fourth-order valence-corrected chi connectivity index (χ4v) is 2.32. The molecule has 0 bridgehead atoms. The molecule has 1 heterocycles. The van der Waals surface area contributed by atoms with Crippen LogP contribution in [0.2, 0.25) is 0 Å². The predicted molar refractivity (Wildman–Crippen MR) is 96.0 cm³/mol. The SMILES string of the molecule is CCOc1ccc(-c2nonc2NC(=O)[C@@H](C)Oc2ccc(F)cc2)cc1. The van der Waals surface area contributed by atoms with Gasteiger partial charge in [0.25, 0.3) is 5.91 Å². The Bertz CT molecular complexity index is 894. The van der Waals surface area contributed by atoms with Gasteiger partial charge in [0.1, 0.15) is 17.3 Å². The lowest BCUT2D eigenvalue weighted by Crippen LogP contribution is -2.30. The smallest absolute Gasteiger partial charge is 0.266 e. The van der Waals surface area contributed by atoms with Gasteiger partial charge in [0.2, 0.25) is 5.82 Å². The molecule has 0 fully saturated rings. The van der Waals surface area contributed by atoms with Gasteiger partial charge in [-0.3, -0.25) is 4.79 Å². The largest absolute Gasteiger partial charge is 0.494 e. The van der Waals surface area contributed by atoms with Gasteiger partial charge >= 0.3 is 0 Å². The number of nitrogens with zero attached hydrogens (tertiary/aromatic N) is 2. The number of nitrogens with one attached hydrogen (secondary N) is 1. The number of hydrogen-bond acceptors (Lipinski definition) is 6. The van der Waals surface area contributed by atoms with Gasteiger partial charge in [-0.05, 0) is 72.7 Å². The summed E-state index contributed by atoms with van der Waals surface area (Å²) in [6.07, 6.45) is -0.833. The number of aromatic nitrogens is 2. The first-order valence-corrected chi connectivity index (χ1v) is 8.35. The molecular formula is C19H18FN3O4. The Kier molecular flexibility index (Phi) is 5.65. The lowest BCUT2D eigenvalue weighted by atomic mass is 10.1. The monoisotopic (exact) mass is 371 g/mol. The van der Waals surface area contributed by atoms with Crippen molar-refractivity contribution < 1.29 is 23.3 Å². The number of rotatable bonds is 7. The van der Waals surface area contributed by atoms with Crippen molar-refractivity contribution >= 4 is 11.7 Å². The Morgan fingerprint density at radius 1 is 1.11 bits per heavy atom. The molecule has 8 heteroatoms. The Labute approximate surface area is 155 Å². The lowest BCUT2D eigenvalue weighted by molar-refractivity contribution is -0.122. The Balaban J connectivity index is 1.68. The zero-order valence-electron chi connectivity index (χ0n) is 14.8. The highest BCUT2D eigenvalue weighted by atomic mass is 19.1. The van der Waals surface area contributed by atoms with Gasteiger partial charge in [0.15, 0.2) is 11.8 Å². The number of ether oxygens (including phenoxy) is 2. The van der Waals surface area contributed by atoms with E-state index in [0.29, 0.717) is 23.6 Å². The van der Waals surface area contributed by atoms with Crippen LogP contribution in [-0.4, -0.2) is 28.9 Å². The molecule has 1 amide bonds. The van der Waals surface area contributed by atoms with Crippen LogP contribution in [-0.2, 0) is 4.79 Å². The number of benzene rings is 2. The standard InChI is InChI=1S/C19H18FN3O4/c1-3-25-15-8-4-13(5-9-15)17-18(23-27-22-17)21-19(24)12(2)26-16-10-6-14(20)7-11-16/h4-12H,3H2,1-2H3,(H,21,23,24)/t12-/m1/s1. The first kappa shape index (κ1) is 18.4. The van der Waals surface area contributed by atoms with Crippen LogP contribution < -0.4 is 14.8 Å². The van der Waals surface area contributed by atoms with Crippen molar-refractivity contribution in [2.45, 2.75) is 20.0 Å². The second-order valence-electron chi connectivity index (χ2n) is 5.62. The van der Waals surface area contributed by atoms with Crippen LogP contribution in [0.15, 0.2) is 53.2 Å². The summed E-state index contributed by atoms with van der Waals surface area (Å²) in [6, 6.07) is 12.6. The molecule has 1 N–H and O–H groups in total. The molecule has 0 aliphatic rings. The van der Waals surface area contributed by atoms with E-state index < -0.39 is 12.0 Å². The van der Waals surface area contributed by atoms with Gasteiger partial charge in [-0.2, -0.15) is 0 Å². The van der Waals surface area contributed by atoms with E-state index in [9.17, 15) is 9.18 Å². The molecule has 1 aromatic heterocycles. The molecule has 1 atom stereocenters. The van der Waals surface area contributed by atoms with Gasteiger partial charge in [0.05, 0.1) is 6.61 Å². The highest BCUT2D eigenvalue weighted by Crippen LogP contribution is 2.26. The normalized spacial score (nSPS) is 11.7. The summed E-state index contributed by atoms with van der Waals surface area (Å²) < 4.78 is 28.6. The molecule has 7 nitrogen and oxygen atoms in total. The third kappa shape index (κ3) is 4.60. The molecule has 140 valence electrons. The van der Waals surface area contributed by atoms with Gasteiger partial charge in [-0.15, -0.1) is 0 Å². The number of anilines is 1. The molecule has 0 aliphatic heterocycles. The fourth-order valence-electron chi connectivity index (χ4n) is 2.32. The highest BCUT2D eigenvalue weighted by molar-refractivity contribution is 5.95. The molecule has 0 radical (unpaired) electrons. The summed E-state index contributed by atoms with van der Waals surface area (Å²) in [5, 5.41) is 10.2. The van der Waals surface area contributed by atoms with Crippen molar-refractivity contribution in [2.24, 2.45) is 0 Å². The number of amides is 1. The van der Waals surface area contributed by atoms with Crippen LogP contribution in [0, 0.1) is 5.82 Å². The van der Waals surface area contributed by atoms with E-state index in [4.69, 9.17) is 14.1 Å². The van der Waals surface area contributed by atoms with E-state index in [1.807, 2.05) is 6.92 Å². The van der Waals surface area contributed by atoms with Gasteiger partial charge in [-0.1, -0.05) is 0 Å². The van der Waals surface area contributed by atoms with Crippen molar-refractivity contribution in [3.63, 3.8) is 0 Å². The first-order valence-electron chi connectivity index (χ1n) is 8.35. The van der Waals surface area contributed by atoms with Crippen LogP contribution in [0.5, 0.6) is 11.5 Å². The van der Waals surface area contributed by atoms with E-state index in [1.165, 1.54) is 24.3 Å². The second kappa shape index (κ2) is 8.31. The summed E-state index contributed by atoms with van der Waals surface area (Å²) in [7, 11) is 0. The molecule has 0 aliphatic carbocycles. The molecule has 0 saturated heterocycles. The second-order valence-corrected chi connectivity index (χ2v) is 5.62. The molecule has 2 aromatic carbocycles.